The maximum atomic E-state index is 14.3. The fourth-order valence-corrected chi connectivity index (χ4v) is 8.35. The van der Waals surface area contributed by atoms with E-state index in [1.54, 1.807) is 25.2 Å². The van der Waals surface area contributed by atoms with Crippen molar-refractivity contribution in [3.05, 3.63) is 47.1 Å². The molecule has 5 rings (SSSR count). The Bertz CT molecular complexity index is 1400. The summed E-state index contributed by atoms with van der Waals surface area (Å²) in [6.45, 7) is 12.1. The van der Waals surface area contributed by atoms with Crippen LogP contribution in [0.15, 0.2) is 47.1 Å². The summed E-state index contributed by atoms with van der Waals surface area (Å²) in [4.78, 5) is 39.1. The number of allylic oxidation sites excluding steroid dienone is 2. The van der Waals surface area contributed by atoms with E-state index in [1.807, 2.05) is 26.0 Å². The molecule has 0 radical (unpaired) electrons. The SMILES string of the molecule is CC[C@H](C)C1O[C@]2(CC[C@@H]1C)CC1CC(C/C=C(\C)[C@@H](OC(=O)CCl)[C@@H](C)/C=C/C=C3\COC4[C@H](OC(=O)CCl)C(C)=CC(C(=O)O1)[C@]34O)O2. The van der Waals surface area contributed by atoms with Crippen molar-refractivity contribution in [3.8, 4) is 0 Å². The molecule has 4 heterocycles. The lowest BCUT2D eigenvalue weighted by molar-refractivity contribution is -0.340. The Morgan fingerprint density at radius 2 is 1.76 bits per heavy atom. The molecule has 0 amide bonds. The smallest absolute Gasteiger partial charge is 0.321 e. The van der Waals surface area contributed by atoms with E-state index in [2.05, 4.69) is 20.8 Å². The molecule has 0 aromatic carbocycles. The van der Waals surface area contributed by atoms with Gasteiger partial charge in [0.1, 0.15) is 41.6 Å². The lowest BCUT2D eigenvalue weighted by atomic mass is 9.70. The summed E-state index contributed by atoms with van der Waals surface area (Å²) in [7, 11) is 0. The second-order valence-corrected chi connectivity index (χ2v) is 15.3. The van der Waals surface area contributed by atoms with E-state index in [4.69, 9.17) is 51.6 Å². The van der Waals surface area contributed by atoms with Crippen LogP contribution < -0.4 is 0 Å². The number of alkyl halides is 2. The Kier molecular flexibility index (Phi) is 12.6. The van der Waals surface area contributed by atoms with Gasteiger partial charge in [0.15, 0.2) is 11.9 Å². The van der Waals surface area contributed by atoms with Gasteiger partial charge in [0.25, 0.3) is 0 Å². The van der Waals surface area contributed by atoms with Gasteiger partial charge < -0.3 is 33.5 Å². The van der Waals surface area contributed by atoms with Crippen molar-refractivity contribution in [1.29, 1.82) is 0 Å². The number of hydrogen-bond acceptors (Lipinski definition) is 10. The fourth-order valence-electron chi connectivity index (χ4n) is 8.23. The van der Waals surface area contributed by atoms with Gasteiger partial charge in [0.05, 0.1) is 18.8 Å². The predicted molar refractivity (Wildman–Crippen MR) is 187 cm³/mol. The van der Waals surface area contributed by atoms with Gasteiger partial charge in [0.2, 0.25) is 0 Å². The average Bonchev–Trinajstić information content (AvgIpc) is 3.43. The zero-order valence-electron chi connectivity index (χ0n) is 29.9. The van der Waals surface area contributed by atoms with Crippen LogP contribution in [0.5, 0.6) is 0 Å². The van der Waals surface area contributed by atoms with Crippen molar-refractivity contribution in [3.63, 3.8) is 0 Å². The number of hydrogen-bond donors (Lipinski definition) is 1. The predicted octanol–water partition coefficient (Wildman–Crippen LogP) is 6.11. The van der Waals surface area contributed by atoms with Crippen LogP contribution in [0.1, 0.15) is 80.1 Å². The number of carbonyl (C=O) groups excluding carboxylic acids is 3. The molecule has 12 heteroatoms. The standard InChI is InChI=1S/C38H52Cl2O10/c1-7-21(2)33-24(5)13-14-37(50-33)17-28-16-27(49-37)12-11-23(4)32(47-30(41)18-39)22(3)9-8-10-26-20-45-35-34(48-31(42)19-40)25(6)15-29(36(43)46-28)38(26,35)44/h8-11,15,21-22,24,27-29,32-35,44H,7,12-14,16-20H2,1-6H3/b9-8+,23-11+,26-10+/t21-,22-,24-,27?,28?,29?,32-,33?,34+,35?,37+,38+/m0/s1. The zero-order valence-corrected chi connectivity index (χ0v) is 31.4. The van der Waals surface area contributed by atoms with E-state index in [9.17, 15) is 19.5 Å². The van der Waals surface area contributed by atoms with Gasteiger partial charge in [-0.1, -0.05) is 64.5 Å². The summed E-state index contributed by atoms with van der Waals surface area (Å²) in [5.41, 5.74) is -0.0987. The fraction of sp³-hybridized carbons (Fsp3) is 0.711. The molecule has 3 fully saturated rings. The first-order valence-corrected chi connectivity index (χ1v) is 19.0. The molecule has 1 spiro atoms. The molecule has 3 saturated heterocycles. The first-order chi connectivity index (χ1) is 23.7. The normalized spacial score (nSPS) is 42.5. The van der Waals surface area contributed by atoms with Gasteiger partial charge in [-0.15, -0.1) is 23.2 Å². The molecule has 1 N–H and O–H groups in total. The molecule has 50 heavy (non-hydrogen) atoms. The van der Waals surface area contributed by atoms with E-state index in [1.165, 1.54) is 0 Å². The van der Waals surface area contributed by atoms with Gasteiger partial charge in [-0.25, -0.2) is 0 Å². The third-order valence-corrected chi connectivity index (χ3v) is 11.6. The highest BCUT2D eigenvalue weighted by molar-refractivity contribution is 6.26. The Morgan fingerprint density at radius 1 is 1.06 bits per heavy atom. The second kappa shape index (κ2) is 16.2. The van der Waals surface area contributed by atoms with Crippen molar-refractivity contribution in [2.75, 3.05) is 18.4 Å². The van der Waals surface area contributed by atoms with Gasteiger partial charge in [-0.2, -0.15) is 0 Å². The summed E-state index contributed by atoms with van der Waals surface area (Å²) in [5.74, 6) is -4.22. The van der Waals surface area contributed by atoms with Crippen molar-refractivity contribution >= 4 is 41.1 Å². The van der Waals surface area contributed by atoms with Gasteiger partial charge in [0, 0.05) is 25.2 Å². The van der Waals surface area contributed by atoms with E-state index >= 15 is 0 Å². The van der Waals surface area contributed by atoms with Crippen LogP contribution in [0.4, 0.5) is 0 Å². The monoisotopic (exact) mass is 738 g/mol. The average molecular weight is 740 g/mol. The Labute approximate surface area is 305 Å². The maximum absolute atomic E-state index is 14.3. The van der Waals surface area contributed by atoms with E-state index in [0.29, 0.717) is 48.7 Å². The number of ether oxygens (including phenoxy) is 6. The number of rotatable bonds is 6. The van der Waals surface area contributed by atoms with E-state index in [0.717, 1.165) is 18.4 Å². The number of aliphatic hydroxyl groups is 1. The van der Waals surface area contributed by atoms with Crippen LogP contribution in [0, 0.1) is 23.7 Å². The third kappa shape index (κ3) is 8.06. The number of halogens is 2. The minimum atomic E-state index is -1.89. The summed E-state index contributed by atoms with van der Waals surface area (Å²) in [5, 5.41) is 12.5. The minimum absolute atomic E-state index is 0.0191. The van der Waals surface area contributed by atoms with Crippen molar-refractivity contribution < 1.29 is 47.9 Å². The maximum Gasteiger partial charge on any atom is 0.321 e. The van der Waals surface area contributed by atoms with E-state index < -0.39 is 59.6 Å². The molecule has 2 bridgehead atoms. The van der Waals surface area contributed by atoms with Crippen molar-refractivity contribution in [2.45, 2.75) is 128 Å². The molecule has 10 nitrogen and oxygen atoms in total. The minimum Gasteiger partial charge on any atom is -0.462 e. The van der Waals surface area contributed by atoms with E-state index in [-0.39, 0.29) is 36.5 Å². The summed E-state index contributed by atoms with van der Waals surface area (Å²) in [6, 6.07) is 0. The van der Waals surface area contributed by atoms with Crippen LogP contribution >= 0.6 is 23.2 Å². The molecular weight excluding hydrogens is 687 g/mol. The molecule has 0 aromatic rings. The second-order valence-electron chi connectivity index (χ2n) is 14.8. The number of carbonyl (C=O) groups is 3. The third-order valence-electron chi connectivity index (χ3n) is 11.1. The highest BCUT2D eigenvalue weighted by Crippen LogP contribution is 2.48. The van der Waals surface area contributed by atoms with Crippen LogP contribution in [-0.4, -0.2) is 89.4 Å². The first kappa shape index (κ1) is 39.0. The van der Waals surface area contributed by atoms with Crippen LogP contribution in [-0.2, 0) is 42.8 Å². The molecular formula is C38H52Cl2O10. The topological polar surface area (TPSA) is 127 Å². The summed E-state index contributed by atoms with van der Waals surface area (Å²) in [6.07, 6.45) is 9.03. The molecule has 278 valence electrons. The molecule has 12 atom stereocenters. The van der Waals surface area contributed by atoms with Gasteiger partial charge in [-0.05, 0) is 55.2 Å². The molecule has 0 aromatic heterocycles. The summed E-state index contributed by atoms with van der Waals surface area (Å²) < 4.78 is 37.6. The molecule has 5 unspecified atom stereocenters. The molecule has 4 aliphatic heterocycles. The summed E-state index contributed by atoms with van der Waals surface area (Å²) >= 11 is 11.6. The number of esters is 3. The van der Waals surface area contributed by atoms with Crippen molar-refractivity contribution in [2.24, 2.45) is 23.7 Å². The van der Waals surface area contributed by atoms with Gasteiger partial charge in [-0.3, -0.25) is 14.4 Å². The molecule has 1 aliphatic carbocycles. The largest absolute Gasteiger partial charge is 0.462 e. The Balaban J connectivity index is 1.58. The lowest BCUT2D eigenvalue weighted by Gasteiger charge is -2.51. The first-order valence-electron chi connectivity index (χ1n) is 17.9. The van der Waals surface area contributed by atoms with Crippen LogP contribution in [0.2, 0.25) is 0 Å². The van der Waals surface area contributed by atoms with Crippen molar-refractivity contribution in [1.82, 2.24) is 0 Å². The molecule has 5 aliphatic rings. The Hall–Kier alpha value is -2.21. The van der Waals surface area contributed by atoms with Crippen LogP contribution in [0.25, 0.3) is 0 Å². The highest BCUT2D eigenvalue weighted by atomic mass is 35.5. The number of fused-ring (bicyclic) bond motifs is 2. The lowest BCUT2D eigenvalue weighted by Crippen LogP contribution is -2.59. The quantitative estimate of drug-likeness (QED) is 0.148. The van der Waals surface area contributed by atoms with Crippen LogP contribution in [0.3, 0.4) is 0 Å². The molecule has 0 saturated carbocycles. The Morgan fingerprint density at radius 3 is 2.44 bits per heavy atom. The van der Waals surface area contributed by atoms with Gasteiger partial charge >= 0.3 is 17.9 Å². The highest BCUT2D eigenvalue weighted by Gasteiger charge is 2.61. The zero-order chi connectivity index (χ0) is 36.4.